The van der Waals surface area contributed by atoms with Gasteiger partial charge in [0, 0.05) is 4.47 Å². The third kappa shape index (κ3) is 2.84. The molecule has 2 nitrogen and oxygen atoms in total. The molecular formula is C10H14BBrO2. The smallest absolute Gasteiger partial charge is 0.423 e. The Hall–Kier alpha value is -0.315. The van der Waals surface area contributed by atoms with Crippen molar-refractivity contribution in [2.45, 2.75) is 26.2 Å². The van der Waals surface area contributed by atoms with Gasteiger partial charge in [-0.15, -0.1) is 0 Å². The van der Waals surface area contributed by atoms with Crippen LogP contribution in [0.1, 0.15) is 26.3 Å². The summed E-state index contributed by atoms with van der Waals surface area (Å²) in [7, 11) is -1.41. The molecule has 0 fully saturated rings. The zero-order valence-corrected chi connectivity index (χ0v) is 10.2. The maximum Gasteiger partial charge on any atom is 0.488 e. The second-order valence-corrected chi connectivity index (χ2v) is 5.31. The van der Waals surface area contributed by atoms with E-state index in [1.54, 1.807) is 6.07 Å². The molecule has 0 saturated heterocycles. The molecule has 1 aromatic rings. The summed E-state index contributed by atoms with van der Waals surface area (Å²) in [5.41, 5.74) is 1.60. The Balaban J connectivity index is 3.21. The maximum atomic E-state index is 9.07. The van der Waals surface area contributed by atoms with E-state index < -0.39 is 7.12 Å². The molecule has 0 unspecified atom stereocenters. The third-order valence-electron chi connectivity index (χ3n) is 2.08. The Morgan fingerprint density at radius 3 is 2.14 bits per heavy atom. The number of hydrogen-bond acceptors (Lipinski definition) is 2. The number of halogens is 1. The topological polar surface area (TPSA) is 40.5 Å². The van der Waals surface area contributed by atoms with Crippen LogP contribution in [0.4, 0.5) is 0 Å². The fourth-order valence-corrected chi connectivity index (χ4v) is 1.71. The molecule has 0 atom stereocenters. The van der Waals surface area contributed by atoms with Gasteiger partial charge in [-0.05, 0) is 28.6 Å². The lowest BCUT2D eigenvalue weighted by Gasteiger charge is -2.20. The quantitative estimate of drug-likeness (QED) is 0.747. The van der Waals surface area contributed by atoms with Crippen LogP contribution in [0.3, 0.4) is 0 Å². The van der Waals surface area contributed by atoms with E-state index >= 15 is 0 Å². The lowest BCUT2D eigenvalue weighted by molar-refractivity contribution is 0.425. The average Bonchev–Trinajstić information content (AvgIpc) is 2.01. The van der Waals surface area contributed by atoms with Gasteiger partial charge in [0.2, 0.25) is 0 Å². The third-order valence-corrected chi connectivity index (χ3v) is 2.54. The normalized spacial score (nSPS) is 11.6. The van der Waals surface area contributed by atoms with Crippen molar-refractivity contribution in [1.82, 2.24) is 0 Å². The average molecular weight is 257 g/mol. The molecule has 4 heteroatoms. The standard InChI is InChI=1S/C10H14BBrO2/c1-10(2,3)7-4-8(11(13)14)6-9(12)5-7/h4-6,13-14H,1-3H3. The van der Waals surface area contributed by atoms with Crippen LogP contribution in [-0.2, 0) is 5.41 Å². The van der Waals surface area contributed by atoms with Crippen LogP contribution in [0.2, 0.25) is 0 Å². The van der Waals surface area contributed by atoms with Crippen molar-refractivity contribution in [3.05, 3.63) is 28.2 Å². The highest BCUT2D eigenvalue weighted by Crippen LogP contribution is 2.24. The highest BCUT2D eigenvalue weighted by atomic mass is 79.9. The van der Waals surface area contributed by atoms with Gasteiger partial charge in [-0.1, -0.05) is 42.8 Å². The summed E-state index contributed by atoms with van der Waals surface area (Å²) in [6.07, 6.45) is 0. The van der Waals surface area contributed by atoms with E-state index in [9.17, 15) is 0 Å². The molecule has 0 heterocycles. The van der Waals surface area contributed by atoms with Crippen LogP contribution >= 0.6 is 15.9 Å². The van der Waals surface area contributed by atoms with E-state index in [0.29, 0.717) is 5.46 Å². The van der Waals surface area contributed by atoms with Gasteiger partial charge in [0.05, 0.1) is 0 Å². The molecule has 14 heavy (non-hydrogen) atoms. The minimum atomic E-state index is -1.41. The summed E-state index contributed by atoms with van der Waals surface area (Å²) in [5.74, 6) is 0. The lowest BCUT2D eigenvalue weighted by Crippen LogP contribution is -2.31. The van der Waals surface area contributed by atoms with Crippen molar-refractivity contribution in [2.24, 2.45) is 0 Å². The molecule has 0 saturated carbocycles. The summed E-state index contributed by atoms with van der Waals surface area (Å²) in [6.45, 7) is 6.26. The van der Waals surface area contributed by atoms with Crippen LogP contribution in [-0.4, -0.2) is 17.2 Å². The van der Waals surface area contributed by atoms with Crippen molar-refractivity contribution in [1.29, 1.82) is 0 Å². The van der Waals surface area contributed by atoms with E-state index in [1.165, 1.54) is 0 Å². The van der Waals surface area contributed by atoms with Crippen LogP contribution < -0.4 is 5.46 Å². The molecule has 0 aliphatic rings. The largest absolute Gasteiger partial charge is 0.488 e. The molecule has 2 N–H and O–H groups in total. The van der Waals surface area contributed by atoms with Gasteiger partial charge >= 0.3 is 7.12 Å². The second-order valence-electron chi connectivity index (χ2n) is 4.40. The molecule has 1 aromatic carbocycles. The molecule has 0 amide bonds. The fourth-order valence-electron chi connectivity index (χ4n) is 1.19. The summed E-state index contributed by atoms with van der Waals surface area (Å²) in [6, 6.07) is 5.52. The lowest BCUT2D eigenvalue weighted by atomic mass is 9.76. The molecule has 0 aliphatic heterocycles. The second kappa shape index (κ2) is 4.05. The Kier molecular flexibility index (Phi) is 3.40. The minimum Gasteiger partial charge on any atom is -0.423 e. The van der Waals surface area contributed by atoms with E-state index in [4.69, 9.17) is 10.0 Å². The monoisotopic (exact) mass is 256 g/mol. The highest BCUT2D eigenvalue weighted by Gasteiger charge is 2.18. The van der Waals surface area contributed by atoms with Gasteiger partial charge in [-0.2, -0.15) is 0 Å². The zero-order chi connectivity index (χ0) is 10.9. The van der Waals surface area contributed by atoms with Crippen LogP contribution in [0, 0.1) is 0 Å². The van der Waals surface area contributed by atoms with Crippen molar-refractivity contribution in [2.75, 3.05) is 0 Å². The first-order chi connectivity index (χ1) is 6.30. The summed E-state index contributed by atoms with van der Waals surface area (Å²) < 4.78 is 0.869. The maximum absolute atomic E-state index is 9.07. The molecular weight excluding hydrogens is 243 g/mol. The molecule has 0 radical (unpaired) electrons. The number of rotatable bonds is 1. The van der Waals surface area contributed by atoms with Crippen molar-refractivity contribution in [3.8, 4) is 0 Å². The van der Waals surface area contributed by atoms with Crippen molar-refractivity contribution >= 4 is 28.5 Å². The first kappa shape index (κ1) is 11.8. The Morgan fingerprint density at radius 2 is 1.71 bits per heavy atom. The minimum absolute atomic E-state index is 0.00736. The van der Waals surface area contributed by atoms with E-state index in [0.717, 1.165) is 10.0 Å². The van der Waals surface area contributed by atoms with Crippen molar-refractivity contribution < 1.29 is 10.0 Å². The summed E-state index contributed by atoms with van der Waals surface area (Å²) in [5, 5.41) is 18.1. The molecule has 0 spiro atoms. The fraction of sp³-hybridized carbons (Fsp3) is 0.400. The molecule has 0 bridgehead atoms. The summed E-state index contributed by atoms with van der Waals surface area (Å²) in [4.78, 5) is 0. The zero-order valence-electron chi connectivity index (χ0n) is 8.58. The Labute approximate surface area is 93.2 Å². The number of benzene rings is 1. The number of hydrogen-bond donors (Lipinski definition) is 2. The molecule has 0 aliphatic carbocycles. The predicted octanol–water partition coefficient (Wildman–Crippen LogP) is 1.43. The Bertz CT molecular complexity index is 331. The van der Waals surface area contributed by atoms with E-state index in [2.05, 4.69) is 36.7 Å². The van der Waals surface area contributed by atoms with E-state index in [1.807, 2.05) is 12.1 Å². The molecule has 0 aromatic heterocycles. The summed E-state index contributed by atoms with van der Waals surface area (Å²) >= 11 is 3.35. The van der Waals surface area contributed by atoms with Gasteiger partial charge in [0.1, 0.15) is 0 Å². The van der Waals surface area contributed by atoms with Gasteiger partial charge in [-0.3, -0.25) is 0 Å². The molecule has 76 valence electrons. The van der Waals surface area contributed by atoms with Gasteiger partial charge < -0.3 is 10.0 Å². The SMILES string of the molecule is CC(C)(C)c1cc(Br)cc(B(O)O)c1. The van der Waals surface area contributed by atoms with Crippen molar-refractivity contribution in [3.63, 3.8) is 0 Å². The molecule has 1 rings (SSSR count). The van der Waals surface area contributed by atoms with Gasteiger partial charge in [-0.25, -0.2) is 0 Å². The first-order valence-corrected chi connectivity index (χ1v) is 5.27. The Morgan fingerprint density at radius 1 is 1.14 bits per heavy atom. The van der Waals surface area contributed by atoms with Crippen LogP contribution in [0.5, 0.6) is 0 Å². The van der Waals surface area contributed by atoms with Gasteiger partial charge in [0.25, 0.3) is 0 Å². The first-order valence-electron chi connectivity index (χ1n) is 4.48. The van der Waals surface area contributed by atoms with Gasteiger partial charge in [0.15, 0.2) is 0 Å². The highest BCUT2D eigenvalue weighted by molar-refractivity contribution is 9.10. The van der Waals surface area contributed by atoms with E-state index in [-0.39, 0.29) is 5.41 Å². The van der Waals surface area contributed by atoms with Crippen LogP contribution in [0.25, 0.3) is 0 Å². The predicted molar refractivity (Wildman–Crippen MR) is 62.7 cm³/mol. The van der Waals surface area contributed by atoms with Crippen LogP contribution in [0.15, 0.2) is 22.7 Å².